The fourth-order valence-corrected chi connectivity index (χ4v) is 2.35. The number of thioether (sulfide) groups is 1. The highest BCUT2D eigenvalue weighted by molar-refractivity contribution is 8.02. The molecule has 2 atom stereocenters. The minimum absolute atomic E-state index is 0.143. The minimum Gasteiger partial charge on any atom is -0.480 e. The molecule has 2 N–H and O–H groups in total. The van der Waals surface area contributed by atoms with E-state index in [1.807, 2.05) is 0 Å². The summed E-state index contributed by atoms with van der Waals surface area (Å²) in [6.45, 7) is 0. The van der Waals surface area contributed by atoms with E-state index in [-0.39, 0.29) is 5.71 Å². The molecule has 1 rings (SSSR count). The lowest BCUT2D eigenvalue weighted by Gasteiger charge is -2.01. The van der Waals surface area contributed by atoms with Crippen molar-refractivity contribution in [2.24, 2.45) is 5.16 Å². The van der Waals surface area contributed by atoms with Gasteiger partial charge < -0.3 is 10.3 Å². The van der Waals surface area contributed by atoms with E-state index in [1.54, 1.807) is 0 Å². The van der Waals surface area contributed by atoms with Crippen molar-refractivity contribution in [1.29, 1.82) is 0 Å². The number of rotatable bonds is 1. The number of aliphatic carboxylic acids is 1. The molecule has 1 saturated heterocycles. The third-order valence-corrected chi connectivity index (χ3v) is 3.20. The predicted octanol–water partition coefficient (Wildman–Crippen LogP) is 0.624. The topological polar surface area (TPSA) is 69.9 Å². The summed E-state index contributed by atoms with van der Waals surface area (Å²) in [5.41, 5.74) is 0.143. The number of carboxylic acid groups (broad SMARTS) is 1. The van der Waals surface area contributed by atoms with Gasteiger partial charge in [-0.2, -0.15) is 0 Å². The number of hydrogen-bond acceptors (Lipinski definition) is 4. The molecule has 0 radical (unpaired) electrons. The van der Waals surface area contributed by atoms with E-state index in [4.69, 9.17) is 21.9 Å². The predicted molar refractivity (Wildman–Crippen MR) is 42.7 cm³/mol. The number of carboxylic acids is 1. The molecule has 0 aliphatic carbocycles. The van der Waals surface area contributed by atoms with Crippen LogP contribution in [0.1, 0.15) is 0 Å². The Balaban J connectivity index is 2.78. The number of nitrogens with zero attached hydrogens (tertiary/aromatic N) is 1. The minimum atomic E-state index is -1.01. The number of hydrogen-bond donors (Lipinski definition) is 2. The summed E-state index contributed by atoms with van der Waals surface area (Å²) in [6.07, 6.45) is 0. The van der Waals surface area contributed by atoms with Gasteiger partial charge in [-0.1, -0.05) is 5.16 Å². The van der Waals surface area contributed by atoms with Crippen LogP contribution in [0.25, 0.3) is 0 Å². The monoisotopic (exact) mass is 195 g/mol. The molecule has 2 unspecified atom stereocenters. The van der Waals surface area contributed by atoms with Crippen LogP contribution in [0.3, 0.4) is 0 Å². The van der Waals surface area contributed by atoms with Crippen molar-refractivity contribution in [1.82, 2.24) is 0 Å². The van der Waals surface area contributed by atoms with Crippen molar-refractivity contribution in [3.8, 4) is 0 Å². The zero-order valence-corrected chi connectivity index (χ0v) is 6.97. The lowest BCUT2D eigenvalue weighted by Crippen LogP contribution is -2.26. The Morgan fingerprint density at radius 3 is 2.82 bits per heavy atom. The SMILES string of the molecule is O=C(O)C1SCC(Cl)C1=NO. The molecule has 1 heterocycles. The number of alkyl halides is 1. The number of halogens is 1. The van der Waals surface area contributed by atoms with Crippen LogP contribution in [-0.2, 0) is 4.79 Å². The molecule has 0 amide bonds. The molecular formula is C5H6ClNO3S. The van der Waals surface area contributed by atoms with E-state index < -0.39 is 16.6 Å². The van der Waals surface area contributed by atoms with E-state index in [2.05, 4.69) is 5.16 Å². The maximum absolute atomic E-state index is 10.4. The molecular weight excluding hydrogens is 190 g/mol. The smallest absolute Gasteiger partial charge is 0.322 e. The van der Waals surface area contributed by atoms with Crippen molar-refractivity contribution in [3.05, 3.63) is 0 Å². The zero-order chi connectivity index (χ0) is 8.43. The second-order valence-electron chi connectivity index (χ2n) is 2.04. The van der Waals surface area contributed by atoms with E-state index in [0.29, 0.717) is 5.75 Å². The first-order valence-electron chi connectivity index (χ1n) is 2.87. The van der Waals surface area contributed by atoms with Crippen LogP contribution in [0.4, 0.5) is 0 Å². The van der Waals surface area contributed by atoms with Gasteiger partial charge in [0.1, 0.15) is 5.25 Å². The summed E-state index contributed by atoms with van der Waals surface area (Å²) < 4.78 is 0. The van der Waals surface area contributed by atoms with Crippen molar-refractivity contribution in [2.45, 2.75) is 10.6 Å². The molecule has 1 fully saturated rings. The van der Waals surface area contributed by atoms with E-state index >= 15 is 0 Å². The lowest BCUT2D eigenvalue weighted by atomic mass is 10.2. The standard InChI is InChI=1S/C5H6ClNO3S/c6-2-1-11-4(5(8)9)3(2)7-10/h2,4,10H,1H2,(H,8,9). The summed E-state index contributed by atoms with van der Waals surface area (Å²) in [7, 11) is 0. The quantitative estimate of drug-likeness (QED) is 0.366. The largest absolute Gasteiger partial charge is 0.480 e. The van der Waals surface area contributed by atoms with Gasteiger partial charge in [-0.15, -0.1) is 23.4 Å². The van der Waals surface area contributed by atoms with Gasteiger partial charge >= 0.3 is 5.97 Å². The van der Waals surface area contributed by atoms with Crippen molar-refractivity contribution < 1.29 is 15.1 Å². The first kappa shape index (κ1) is 8.67. The summed E-state index contributed by atoms with van der Waals surface area (Å²) >= 11 is 6.81. The molecule has 0 aromatic rings. The number of oxime groups is 1. The van der Waals surface area contributed by atoms with E-state index in [1.165, 1.54) is 11.8 Å². The first-order valence-corrected chi connectivity index (χ1v) is 4.35. The molecule has 0 aromatic heterocycles. The third-order valence-electron chi connectivity index (χ3n) is 1.34. The van der Waals surface area contributed by atoms with Crippen LogP contribution in [0.2, 0.25) is 0 Å². The Kier molecular flexibility index (Phi) is 2.62. The van der Waals surface area contributed by atoms with Crippen LogP contribution in [0.15, 0.2) is 5.16 Å². The first-order chi connectivity index (χ1) is 5.16. The fraction of sp³-hybridized carbons (Fsp3) is 0.600. The Morgan fingerprint density at radius 2 is 2.45 bits per heavy atom. The molecule has 6 heteroatoms. The van der Waals surface area contributed by atoms with Gasteiger partial charge in [-0.05, 0) is 0 Å². The van der Waals surface area contributed by atoms with Crippen molar-refractivity contribution >= 4 is 35.0 Å². The maximum atomic E-state index is 10.4. The molecule has 1 aliphatic heterocycles. The molecule has 4 nitrogen and oxygen atoms in total. The highest BCUT2D eigenvalue weighted by atomic mass is 35.5. The Bertz CT molecular complexity index is 208. The van der Waals surface area contributed by atoms with Gasteiger partial charge in [-0.25, -0.2) is 0 Å². The van der Waals surface area contributed by atoms with Crippen molar-refractivity contribution in [3.63, 3.8) is 0 Å². The Morgan fingerprint density at radius 1 is 1.82 bits per heavy atom. The second-order valence-corrected chi connectivity index (χ2v) is 3.71. The fourth-order valence-electron chi connectivity index (χ4n) is 0.829. The Labute approximate surface area is 72.2 Å². The highest BCUT2D eigenvalue weighted by Gasteiger charge is 2.37. The Hall–Kier alpha value is -0.420. The van der Waals surface area contributed by atoms with Crippen LogP contribution in [-0.4, -0.2) is 38.4 Å². The molecule has 0 saturated carbocycles. The second kappa shape index (κ2) is 3.32. The average molecular weight is 196 g/mol. The van der Waals surface area contributed by atoms with Crippen LogP contribution < -0.4 is 0 Å². The average Bonchev–Trinajstić information content (AvgIpc) is 2.30. The molecule has 0 spiro atoms. The van der Waals surface area contributed by atoms with Crippen LogP contribution >= 0.6 is 23.4 Å². The third kappa shape index (κ3) is 1.59. The van der Waals surface area contributed by atoms with Crippen LogP contribution in [0.5, 0.6) is 0 Å². The van der Waals surface area contributed by atoms with Gasteiger partial charge in [0.15, 0.2) is 0 Å². The summed E-state index contributed by atoms with van der Waals surface area (Å²) in [5, 5.41) is 18.6. The molecule has 0 bridgehead atoms. The van der Waals surface area contributed by atoms with Gasteiger partial charge in [0.2, 0.25) is 0 Å². The normalized spacial score (nSPS) is 34.5. The van der Waals surface area contributed by atoms with Gasteiger partial charge in [0.05, 0.1) is 11.1 Å². The van der Waals surface area contributed by atoms with Gasteiger partial charge in [0.25, 0.3) is 0 Å². The molecule has 0 aromatic carbocycles. The van der Waals surface area contributed by atoms with Crippen molar-refractivity contribution in [2.75, 3.05) is 5.75 Å². The van der Waals surface area contributed by atoms with Crippen LogP contribution in [0, 0.1) is 0 Å². The van der Waals surface area contributed by atoms with Gasteiger partial charge in [-0.3, -0.25) is 4.79 Å². The summed E-state index contributed by atoms with van der Waals surface area (Å²) in [4.78, 5) is 10.4. The highest BCUT2D eigenvalue weighted by Crippen LogP contribution is 2.28. The molecule has 1 aliphatic rings. The maximum Gasteiger partial charge on any atom is 0.322 e. The lowest BCUT2D eigenvalue weighted by molar-refractivity contribution is -0.135. The molecule has 11 heavy (non-hydrogen) atoms. The zero-order valence-electron chi connectivity index (χ0n) is 5.40. The van der Waals surface area contributed by atoms with Gasteiger partial charge in [0, 0.05) is 5.75 Å². The van der Waals surface area contributed by atoms with E-state index in [9.17, 15) is 4.79 Å². The summed E-state index contributed by atoms with van der Waals surface area (Å²) in [5.74, 6) is -0.524. The molecule has 62 valence electrons. The number of carbonyl (C=O) groups is 1. The van der Waals surface area contributed by atoms with E-state index in [0.717, 1.165) is 0 Å². The summed E-state index contributed by atoms with van der Waals surface area (Å²) in [6, 6.07) is 0.